The van der Waals surface area contributed by atoms with Crippen LogP contribution < -0.4 is 10.5 Å². The molecule has 134 valence electrons. The van der Waals surface area contributed by atoms with E-state index >= 15 is 0 Å². The Labute approximate surface area is 146 Å². The summed E-state index contributed by atoms with van der Waals surface area (Å²) in [4.78, 5) is 0. The summed E-state index contributed by atoms with van der Waals surface area (Å²) >= 11 is 0. The number of hydrogen-bond acceptors (Lipinski definition) is 3. The summed E-state index contributed by atoms with van der Waals surface area (Å²) in [5.41, 5.74) is 8.40. The minimum absolute atomic E-state index is 0.263. The standard InChI is InChI=1S/C21H33NO2/c1-2-3-4-5-6-7-8-15-11-19(23)21-18-13-17(22)10-9-16(18)14-24-20(21)12-15/h11-12,16-18,23H,2-10,13-14,22H2,1H3/t16-,17?,18-/m1/s1. The molecule has 0 amide bonds. The number of unbranched alkanes of at least 4 members (excludes halogenated alkanes) is 5. The predicted molar refractivity (Wildman–Crippen MR) is 98.7 cm³/mol. The molecule has 0 radical (unpaired) electrons. The van der Waals surface area contributed by atoms with Gasteiger partial charge in [-0.2, -0.15) is 0 Å². The number of nitrogens with two attached hydrogens (primary N) is 1. The van der Waals surface area contributed by atoms with Gasteiger partial charge in [0.2, 0.25) is 0 Å². The van der Waals surface area contributed by atoms with Crippen LogP contribution in [-0.4, -0.2) is 17.8 Å². The SMILES string of the molecule is CCCCCCCCc1cc(O)c2c(c1)OC[C@H]1CCC(N)C[C@@H]21. The molecule has 2 aliphatic rings. The highest BCUT2D eigenvalue weighted by Crippen LogP contribution is 2.48. The first kappa shape index (κ1) is 17.6. The number of ether oxygens (including phenoxy) is 1. The van der Waals surface area contributed by atoms with Gasteiger partial charge in [0.25, 0.3) is 0 Å². The zero-order valence-electron chi connectivity index (χ0n) is 15.1. The van der Waals surface area contributed by atoms with Crippen molar-refractivity contribution in [3.8, 4) is 11.5 Å². The molecule has 1 aromatic carbocycles. The molecule has 24 heavy (non-hydrogen) atoms. The number of phenolic OH excluding ortho intramolecular Hbond substituents is 1. The molecule has 0 spiro atoms. The third-order valence-corrected chi connectivity index (χ3v) is 5.86. The fourth-order valence-electron chi connectivity index (χ4n) is 4.43. The monoisotopic (exact) mass is 331 g/mol. The van der Waals surface area contributed by atoms with Gasteiger partial charge >= 0.3 is 0 Å². The highest BCUT2D eigenvalue weighted by molar-refractivity contribution is 5.51. The van der Waals surface area contributed by atoms with Gasteiger partial charge in [0.1, 0.15) is 11.5 Å². The van der Waals surface area contributed by atoms with Crippen molar-refractivity contribution in [1.82, 2.24) is 0 Å². The second-order valence-corrected chi connectivity index (χ2v) is 7.80. The Morgan fingerprint density at radius 3 is 2.75 bits per heavy atom. The van der Waals surface area contributed by atoms with Gasteiger partial charge in [0.05, 0.1) is 6.61 Å². The van der Waals surface area contributed by atoms with Gasteiger partial charge in [0, 0.05) is 17.5 Å². The van der Waals surface area contributed by atoms with E-state index in [-0.39, 0.29) is 6.04 Å². The average Bonchev–Trinajstić information content (AvgIpc) is 2.57. The number of aromatic hydroxyl groups is 1. The molecule has 1 heterocycles. The summed E-state index contributed by atoms with van der Waals surface area (Å²) in [6.45, 7) is 3.03. The summed E-state index contributed by atoms with van der Waals surface area (Å²) in [5, 5.41) is 10.6. The summed E-state index contributed by atoms with van der Waals surface area (Å²) < 4.78 is 6.01. The average molecular weight is 332 g/mol. The van der Waals surface area contributed by atoms with E-state index in [1.165, 1.54) is 44.1 Å². The topological polar surface area (TPSA) is 55.5 Å². The molecule has 0 saturated heterocycles. The molecule has 1 aliphatic heterocycles. The van der Waals surface area contributed by atoms with Crippen LogP contribution in [0.5, 0.6) is 11.5 Å². The van der Waals surface area contributed by atoms with Crippen LogP contribution in [0.4, 0.5) is 0 Å². The van der Waals surface area contributed by atoms with Crippen molar-refractivity contribution in [2.75, 3.05) is 6.61 Å². The van der Waals surface area contributed by atoms with Crippen LogP contribution in [0.25, 0.3) is 0 Å². The van der Waals surface area contributed by atoms with Gasteiger partial charge in [-0.05, 0) is 55.7 Å². The Hall–Kier alpha value is -1.22. The fourth-order valence-corrected chi connectivity index (χ4v) is 4.43. The van der Waals surface area contributed by atoms with Crippen molar-refractivity contribution in [3.63, 3.8) is 0 Å². The second kappa shape index (κ2) is 8.24. The first-order valence-corrected chi connectivity index (χ1v) is 9.93. The lowest BCUT2D eigenvalue weighted by molar-refractivity contribution is 0.146. The van der Waals surface area contributed by atoms with E-state index in [1.807, 2.05) is 6.07 Å². The lowest BCUT2D eigenvalue weighted by atomic mass is 9.72. The Morgan fingerprint density at radius 1 is 1.12 bits per heavy atom. The van der Waals surface area contributed by atoms with Gasteiger partial charge in [-0.25, -0.2) is 0 Å². The van der Waals surface area contributed by atoms with E-state index in [0.717, 1.165) is 43.6 Å². The zero-order valence-corrected chi connectivity index (χ0v) is 15.1. The van der Waals surface area contributed by atoms with Gasteiger partial charge in [0.15, 0.2) is 0 Å². The minimum Gasteiger partial charge on any atom is -0.508 e. The molecule has 3 N–H and O–H groups in total. The predicted octanol–water partition coefficient (Wildman–Crippen LogP) is 4.90. The molecule has 1 aromatic rings. The number of benzene rings is 1. The summed E-state index contributed by atoms with van der Waals surface area (Å²) in [6, 6.07) is 4.40. The highest BCUT2D eigenvalue weighted by atomic mass is 16.5. The Balaban J connectivity index is 1.63. The van der Waals surface area contributed by atoms with Crippen LogP contribution in [0.1, 0.15) is 81.8 Å². The molecule has 3 nitrogen and oxygen atoms in total. The van der Waals surface area contributed by atoms with Gasteiger partial charge < -0.3 is 15.6 Å². The molecule has 1 unspecified atom stereocenters. The maximum absolute atomic E-state index is 10.6. The Kier molecular flexibility index (Phi) is 6.04. The number of fused-ring (bicyclic) bond motifs is 3. The van der Waals surface area contributed by atoms with Crippen LogP contribution >= 0.6 is 0 Å². The second-order valence-electron chi connectivity index (χ2n) is 7.80. The summed E-state index contributed by atoms with van der Waals surface area (Å²) in [6.07, 6.45) is 12.0. The van der Waals surface area contributed by atoms with Crippen LogP contribution in [0.2, 0.25) is 0 Å². The molecule has 3 atom stereocenters. The number of hydrogen-bond donors (Lipinski definition) is 2. The molecule has 3 rings (SSSR count). The van der Waals surface area contributed by atoms with Gasteiger partial charge in [-0.1, -0.05) is 39.0 Å². The van der Waals surface area contributed by atoms with E-state index in [0.29, 0.717) is 17.6 Å². The third-order valence-electron chi connectivity index (χ3n) is 5.86. The van der Waals surface area contributed by atoms with E-state index in [4.69, 9.17) is 10.5 Å². The molecule has 0 aromatic heterocycles. The Morgan fingerprint density at radius 2 is 1.92 bits per heavy atom. The number of phenols is 1. The van der Waals surface area contributed by atoms with E-state index < -0.39 is 0 Å². The molecule has 3 heteroatoms. The van der Waals surface area contributed by atoms with Crippen molar-refractivity contribution >= 4 is 0 Å². The zero-order chi connectivity index (χ0) is 16.9. The van der Waals surface area contributed by atoms with E-state index in [9.17, 15) is 5.11 Å². The maximum Gasteiger partial charge on any atom is 0.126 e. The minimum atomic E-state index is 0.263. The van der Waals surface area contributed by atoms with Crippen LogP contribution in [0.3, 0.4) is 0 Å². The number of rotatable bonds is 7. The van der Waals surface area contributed by atoms with Crippen LogP contribution in [0.15, 0.2) is 12.1 Å². The van der Waals surface area contributed by atoms with Crippen molar-refractivity contribution < 1.29 is 9.84 Å². The van der Waals surface area contributed by atoms with Crippen LogP contribution in [0, 0.1) is 5.92 Å². The smallest absolute Gasteiger partial charge is 0.126 e. The van der Waals surface area contributed by atoms with Crippen molar-refractivity contribution in [2.45, 2.75) is 83.1 Å². The highest BCUT2D eigenvalue weighted by Gasteiger charge is 2.37. The summed E-state index contributed by atoms with van der Waals surface area (Å²) in [5.74, 6) is 2.23. The molecule has 1 saturated carbocycles. The Bertz CT molecular complexity index is 543. The van der Waals surface area contributed by atoms with Gasteiger partial charge in [-0.15, -0.1) is 0 Å². The van der Waals surface area contributed by atoms with Crippen LogP contribution in [-0.2, 0) is 6.42 Å². The lowest BCUT2D eigenvalue weighted by Gasteiger charge is -2.39. The van der Waals surface area contributed by atoms with Crippen molar-refractivity contribution in [2.24, 2.45) is 11.7 Å². The number of aryl methyl sites for hydroxylation is 1. The quantitative estimate of drug-likeness (QED) is 0.699. The molecule has 0 bridgehead atoms. The fraction of sp³-hybridized carbons (Fsp3) is 0.714. The lowest BCUT2D eigenvalue weighted by Crippen LogP contribution is -2.37. The third kappa shape index (κ3) is 4.05. The normalized spacial score (nSPS) is 25.7. The molecule has 1 fully saturated rings. The first-order valence-electron chi connectivity index (χ1n) is 9.93. The van der Waals surface area contributed by atoms with Gasteiger partial charge in [-0.3, -0.25) is 0 Å². The maximum atomic E-state index is 10.6. The van der Waals surface area contributed by atoms with E-state index in [2.05, 4.69) is 13.0 Å². The first-order chi connectivity index (χ1) is 11.7. The summed E-state index contributed by atoms with van der Waals surface area (Å²) in [7, 11) is 0. The molecular weight excluding hydrogens is 298 g/mol. The molecule has 1 aliphatic carbocycles. The van der Waals surface area contributed by atoms with Crippen molar-refractivity contribution in [3.05, 3.63) is 23.3 Å². The molecular formula is C21H33NO2. The van der Waals surface area contributed by atoms with E-state index in [1.54, 1.807) is 0 Å². The van der Waals surface area contributed by atoms with Crippen molar-refractivity contribution in [1.29, 1.82) is 0 Å². The largest absolute Gasteiger partial charge is 0.508 e.